The minimum Gasteiger partial charge on any atom is -0.403 e. The molecule has 0 radical (unpaired) electrons. The molecule has 1 unspecified atom stereocenters. The molecule has 1 atom stereocenters. The minimum absolute atomic E-state index is 0.0276. The first-order valence-electron chi connectivity index (χ1n) is 11.2. The highest BCUT2D eigenvalue weighted by atomic mass is 16.7. The first-order valence-corrected chi connectivity index (χ1v) is 11.2. The maximum absolute atomic E-state index is 13.0. The SMILES string of the molecule is CC(C)(C)CC(B1OC(C)(C)C(C)(C)O1)c1cccc(N2C(=O)c3ccccc3C2=O)c1. The van der Waals surface area contributed by atoms with E-state index in [9.17, 15) is 9.59 Å². The summed E-state index contributed by atoms with van der Waals surface area (Å²) in [5, 5.41) is 0. The minimum atomic E-state index is -0.437. The fourth-order valence-electron chi connectivity index (χ4n) is 4.40. The summed E-state index contributed by atoms with van der Waals surface area (Å²) in [5.41, 5.74) is 1.61. The molecule has 2 amide bonds. The summed E-state index contributed by atoms with van der Waals surface area (Å²) in [6, 6.07) is 14.6. The summed E-state index contributed by atoms with van der Waals surface area (Å²) in [4.78, 5) is 27.3. The van der Waals surface area contributed by atoms with Gasteiger partial charge in [-0.05, 0) is 69.4 Å². The Balaban J connectivity index is 1.71. The maximum Gasteiger partial charge on any atom is 0.465 e. The summed E-state index contributed by atoms with van der Waals surface area (Å²) >= 11 is 0. The van der Waals surface area contributed by atoms with Crippen LogP contribution in [0.2, 0.25) is 0 Å². The van der Waals surface area contributed by atoms with Gasteiger partial charge in [0.05, 0.1) is 28.0 Å². The van der Waals surface area contributed by atoms with Crippen LogP contribution in [-0.4, -0.2) is 30.1 Å². The highest BCUT2D eigenvalue weighted by Crippen LogP contribution is 2.44. The van der Waals surface area contributed by atoms with Crippen LogP contribution >= 0.6 is 0 Å². The van der Waals surface area contributed by atoms with E-state index < -0.39 is 18.3 Å². The monoisotopic (exact) mass is 433 g/mol. The van der Waals surface area contributed by atoms with Crippen molar-refractivity contribution < 1.29 is 18.9 Å². The van der Waals surface area contributed by atoms with Crippen LogP contribution in [0.5, 0.6) is 0 Å². The molecule has 0 saturated carbocycles. The van der Waals surface area contributed by atoms with Crippen molar-refractivity contribution in [1.29, 1.82) is 0 Å². The summed E-state index contributed by atoms with van der Waals surface area (Å²) in [6.07, 6.45) is 0.829. The van der Waals surface area contributed by atoms with E-state index in [1.807, 2.05) is 24.3 Å². The Morgan fingerprint density at radius 1 is 0.875 bits per heavy atom. The molecular formula is C26H32BNO4. The van der Waals surface area contributed by atoms with Crippen molar-refractivity contribution in [1.82, 2.24) is 0 Å². The largest absolute Gasteiger partial charge is 0.465 e. The van der Waals surface area contributed by atoms with E-state index >= 15 is 0 Å². The Bertz CT molecular complexity index is 1020. The molecule has 0 bridgehead atoms. The molecule has 2 aliphatic rings. The van der Waals surface area contributed by atoms with E-state index in [4.69, 9.17) is 9.31 Å². The quantitative estimate of drug-likeness (QED) is 0.463. The number of anilines is 1. The number of fused-ring (bicyclic) bond motifs is 1. The molecule has 2 heterocycles. The average Bonchev–Trinajstić information content (AvgIpc) is 3.08. The Morgan fingerprint density at radius 3 is 1.91 bits per heavy atom. The molecule has 2 aromatic rings. The van der Waals surface area contributed by atoms with E-state index in [2.05, 4.69) is 48.5 Å². The highest BCUT2D eigenvalue weighted by Gasteiger charge is 2.54. The molecule has 1 fully saturated rings. The first kappa shape index (κ1) is 22.7. The lowest BCUT2D eigenvalue weighted by Gasteiger charge is -2.32. The van der Waals surface area contributed by atoms with Gasteiger partial charge in [-0.3, -0.25) is 9.59 Å². The summed E-state index contributed by atoms with van der Waals surface area (Å²) in [5.74, 6) is -0.623. The molecule has 0 aliphatic carbocycles. The van der Waals surface area contributed by atoms with Crippen molar-refractivity contribution in [3.8, 4) is 0 Å². The van der Waals surface area contributed by atoms with Crippen LogP contribution in [0.1, 0.15) is 87.0 Å². The second kappa shape index (κ2) is 7.56. The van der Waals surface area contributed by atoms with Crippen LogP contribution < -0.4 is 4.90 Å². The molecule has 5 nitrogen and oxygen atoms in total. The number of hydrogen-bond acceptors (Lipinski definition) is 4. The molecule has 168 valence electrons. The average molecular weight is 433 g/mol. The third-order valence-electron chi connectivity index (χ3n) is 6.78. The number of amides is 2. The fraction of sp³-hybridized carbons (Fsp3) is 0.462. The number of rotatable bonds is 4. The number of carbonyl (C=O) groups excluding carboxylic acids is 2. The molecule has 0 N–H and O–H groups in total. The Morgan fingerprint density at radius 2 is 1.41 bits per heavy atom. The van der Waals surface area contributed by atoms with Crippen LogP contribution in [-0.2, 0) is 9.31 Å². The number of nitrogens with zero attached hydrogens (tertiary/aromatic N) is 1. The van der Waals surface area contributed by atoms with E-state index in [-0.39, 0.29) is 23.0 Å². The van der Waals surface area contributed by atoms with E-state index in [1.165, 1.54) is 4.90 Å². The van der Waals surface area contributed by atoms with Gasteiger partial charge in [-0.15, -0.1) is 0 Å². The third-order valence-corrected chi connectivity index (χ3v) is 6.78. The van der Waals surface area contributed by atoms with Gasteiger partial charge in [0, 0.05) is 5.82 Å². The van der Waals surface area contributed by atoms with Crippen LogP contribution in [0.3, 0.4) is 0 Å². The van der Waals surface area contributed by atoms with Gasteiger partial charge >= 0.3 is 7.12 Å². The Hall–Kier alpha value is -2.44. The van der Waals surface area contributed by atoms with Crippen molar-refractivity contribution in [2.24, 2.45) is 5.41 Å². The molecule has 4 rings (SSSR count). The molecule has 32 heavy (non-hydrogen) atoms. The molecule has 2 aromatic carbocycles. The molecule has 0 aromatic heterocycles. The maximum atomic E-state index is 13.0. The number of benzene rings is 2. The van der Waals surface area contributed by atoms with Gasteiger partial charge in [-0.2, -0.15) is 0 Å². The van der Waals surface area contributed by atoms with Gasteiger partial charge in [-0.1, -0.05) is 45.0 Å². The Kier molecular flexibility index (Phi) is 5.38. The van der Waals surface area contributed by atoms with Crippen LogP contribution in [0, 0.1) is 5.41 Å². The lowest BCUT2D eigenvalue weighted by molar-refractivity contribution is 0.00578. The summed E-state index contributed by atoms with van der Waals surface area (Å²) in [6.45, 7) is 14.8. The third kappa shape index (κ3) is 3.91. The van der Waals surface area contributed by atoms with E-state index in [0.29, 0.717) is 16.8 Å². The number of carbonyl (C=O) groups is 2. The molecule has 6 heteroatoms. The van der Waals surface area contributed by atoms with Gasteiger partial charge in [-0.25, -0.2) is 4.90 Å². The zero-order chi connectivity index (χ0) is 23.5. The number of imide groups is 1. The lowest BCUT2D eigenvalue weighted by atomic mass is 9.62. The predicted octanol–water partition coefficient (Wildman–Crippen LogP) is 5.64. The van der Waals surface area contributed by atoms with Gasteiger partial charge in [0.2, 0.25) is 0 Å². The van der Waals surface area contributed by atoms with Gasteiger partial charge in [0.25, 0.3) is 11.8 Å². The van der Waals surface area contributed by atoms with Crippen molar-refractivity contribution in [3.05, 3.63) is 65.2 Å². The molecule has 1 saturated heterocycles. The van der Waals surface area contributed by atoms with E-state index in [0.717, 1.165) is 12.0 Å². The topological polar surface area (TPSA) is 55.8 Å². The second-order valence-electron chi connectivity index (χ2n) is 11.1. The smallest absolute Gasteiger partial charge is 0.403 e. The van der Waals surface area contributed by atoms with Gasteiger partial charge in [0.15, 0.2) is 0 Å². The number of hydrogen-bond donors (Lipinski definition) is 0. The zero-order valence-electron chi connectivity index (χ0n) is 20.1. The van der Waals surface area contributed by atoms with E-state index in [1.54, 1.807) is 24.3 Å². The standard InChI is InChI=1S/C26H32BNO4/c1-24(2,3)16-21(27-31-25(4,5)26(6,7)32-27)17-11-10-12-18(15-17)28-22(29)19-13-8-9-14-20(19)23(28)30/h8-15,21H,16H2,1-7H3. The summed E-state index contributed by atoms with van der Waals surface area (Å²) in [7, 11) is -0.420. The Labute approximate surface area is 191 Å². The first-order chi connectivity index (χ1) is 14.8. The molecule has 2 aliphatic heterocycles. The van der Waals surface area contributed by atoms with Crippen molar-refractivity contribution in [2.45, 2.75) is 71.9 Å². The van der Waals surface area contributed by atoms with Crippen LogP contribution in [0.15, 0.2) is 48.5 Å². The van der Waals surface area contributed by atoms with Gasteiger partial charge in [0.1, 0.15) is 0 Å². The van der Waals surface area contributed by atoms with Crippen LogP contribution in [0.25, 0.3) is 0 Å². The lowest BCUT2D eigenvalue weighted by Crippen LogP contribution is -2.41. The fourth-order valence-corrected chi connectivity index (χ4v) is 4.40. The van der Waals surface area contributed by atoms with Crippen molar-refractivity contribution in [2.75, 3.05) is 4.90 Å². The normalized spacial score (nSPS) is 20.6. The molecular weight excluding hydrogens is 401 g/mol. The van der Waals surface area contributed by atoms with Crippen molar-refractivity contribution in [3.63, 3.8) is 0 Å². The predicted molar refractivity (Wildman–Crippen MR) is 127 cm³/mol. The zero-order valence-corrected chi connectivity index (χ0v) is 20.1. The van der Waals surface area contributed by atoms with Gasteiger partial charge < -0.3 is 9.31 Å². The highest BCUT2D eigenvalue weighted by molar-refractivity contribution is 6.47. The summed E-state index contributed by atoms with van der Waals surface area (Å²) < 4.78 is 12.8. The van der Waals surface area contributed by atoms with Crippen LogP contribution in [0.4, 0.5) is 5.69 Å². The molecule has 0 spiro atoms. The second-order valence-corrected chi connectivity index (χ2v) is 11.1. The van der Waals surface area contributed by atoms with Crippen molar-refractivity contribution >= 4 is 24.6 Å².